The molecule has 0 aliphatic carbocycles. The second kappa shape index (κ2) is 5.18. The zero-order valence-corrected chi connectivity index (χ0v) is 12.5. The third-order valence-corrected chi connectivity index (χ3v) is 6.35. The number of phenols is 1. The number of hydrogen-bond acceptors (Lipinski definition) is 4. The minimum atomic E-state index is -3.74. The monoisotopic (exact) mass is 316 g/mol. The van der Waals surface area contributed by atoms with Crippen molar-refractivity contribution in [2.24, 2.45) is 11.8 Å². The van der Waals surface area contributed by atoms with Crippen molar-refractivity contribution in [3.05, 3.63) is 23.2 Å². The van der Waals surface area contributed by atoms with Crippen LogP contribution in [0.4, 0.5) is 0 Å². The highest BCUT2D eigenvalue weighted by atomic mass is 35.5. The highest BCUT2D eigenvalue weighted by Crippen LogP contribution is 2.35. The fourth-order valence-corrected chi connectivity index (χ4v) is 5.32. The first-order valence-corrected chi connectivity index (χ1v) is 8.48. The van der Waals surface area contributed by atoms with E-state index in [2.05, 4.69) is 5.32 Å². The summed E-state index contributed by atoms with van der Waals surface area (Å²) in [6, 6.07) is 4.37. The average Bonchev–Trinajstić information content (AvgIpc) is 2.37. The molecular formula is C13H17ClN2O3S. The molecule has 110 valence electrons. The van der Waals surface area contributed by atoms with Crippen LogP contribution in [-0.4, -0.2) is 44.0 Å². The van der Waals surface area contributed by atoms with Gasteiger partial charge < -0.3 is 10.4 Å². The molecule has 0 unspecified atom stereocenters. The Morgan fingerprint density at radius 3 is 2.50 bits per heavy atom. The fourth-order valence-electron chi connectivity index (χ4n) is 3.14. The van der Waals surface area contributed by atoms with Gasteiger partial charge in [0.15, 0.2) is 0 Å². The molecule has 2 fully saturated rings. The molecule has 1 aromatic rings. The lowest BCUT2D eigenvalue weighted by molar-refractivity contribution is 0.158. The van der Waals surface area contributed by atoms with Crippen molar-refractivity contribution in [3.8, 4) is 5.75 Å². The lowest BCUT2D eigenvalue weighted by Crippen LogP contribution is -2.52. The number of nitrogens with one attached hydrogen (secondary N) is 1. The van der Waals surface area contributed by atoms with Crippen LogP contribution in [0.25, 0.3) is 0 Å². The number of piperidine rings is 2. The van der Waals surface area contributed by atoms with Crippen molar-refractivity contribution in [3.63, 3.8) is 0 Å². The summed E-state index contributed by atoms with van der Waals surface area (Å²) in [4.78, 5) is -0.172. The van der Waals surface area contributed by atoms with Crippen molar-refractivity contribution in [1.29, 1.82) is 0 Å². The smallest absolute Gasteiger partial charge is 0.248 e. The van der Waals surface area contributed by atoms with Gasteiger partial charge >= 0.3 is 0 Å². The van der Waals surface area contributed by atoms with Crippen LogP contribution in [0.15, 0.2) is 23.1 Å². The van der Waals surface area contributed by atoms with Crippen LogP contribution >= 0.6 is 11.6 Å². The number of sulfonamides is 1. The highest BCUT2D eigenvalue weighted by Gasteiger charge is 2.38. The first-order valence-electron chi connectivity index (χ1n) is 6.67. The predicted octanol–water partition coefficient (Wildman–Crippen LogP) is 1.28. The van der Waals surface area contributed by atoms with Gasteiger partial charge in [-0.25, -0.2) is 8.42 Å². The van der Waals surface area contributed by atoms with Crippen LogP contribution in [0.3, 0.4) is 0 Å². The SMILES string of the molecule is O=S(=O)(c1c(O)cccc1Cl)N1C[C@@H]2CNC[C@@H](C2)C1. The minimum absolute atomic E-state index is 0.0684. The van der Waals surface area contributed by atoms with Gasteiger partial charge in [-0.15, -0.1) is 0 Å². The van der Waals surface area contributed by atoms with Crippen LogP contribution in [0.5, 0.6) is 5.75 Å². The molecule has 7 heteroatoms. The summed E-state index contributed by atoms with van der Waals surface area (Å²) in [6.07, 6.45) is 1.06. The van der Waals surface area contributed by atoms with E-state index in [1.807, 2.05) is 0 Å². The second-order valence-corrected chi connectivity index (χ2v) is 7.82. The summed E-state index contributed by atoms with van der Waals surface area (Å²) in [5, 5.41) is 13.3. The maximum atomic E-state index is 12.7. The molecule has 3 rings (SSSR count). The van der Waals surface area contributed by atoms with E-state index in [9.17, 15) is 13.5 Å². The summed E-state index contributed by atoms with van der Waals surface area (Å²) in [6.45, 7) is 2.65. The van der Waals surface area contributed by atoms with E-state index >= 15 is 0 Å². The number of phenolic OH excluding ortho intramolecular Hbond substituents is 1. The topological polar surface area (TPSA) is 69.6 Å². The molecule has 2 aliphatic rings. The maximum Gasteiger partial charge on any atom is 0.248 e. The molecule has 0 aromatic heterocycles. The van der Waals surface area contributed by atoms with Crippen molar-refractivity contribution >= 4 is 21.6 Å². The normalized spacial score (nSPS) is 27.4. The van der Waals surface area contributed by atoms with E-state index < -0.39 is 10.0 Å². The largest absolute Gasteiger partial charge is 0.506 e. The van der Waals surface area contributed by atoms with Crippen LogP contribution < -0.4 is 5.32 Å². The van der Waals surface area contributed by atoms with Gasteiger partial charge in [-0.1, -0.05) is 17.7 Å². The third kappa shape index (κ3) is 2.41. The van der Waals surface area contributed by atoms with Crippen molar-refractivity contribution in [2.45, 2.75) is 11.3 Å². The Morgan fingerprint density at radius 1 is 1.25 bits per heavy atom. The Balaban J connectivity index is 1.96. The Kier molecular flexibility index (Phi) is 3.66. The molecule has 2 N–H and O–H groups in total. The van der Waals surface area contributed by atoms with Gasteiger partial charge in [0.1, 0.15) is 10.6 Å². The molecule has 0 spiro atoms. The predicted molar refractivity (Wildman–Crippen MR) is 76.3 cm³/mol. The van der Waals surface area contributed by atoms with E-state index in [1.54, 1.807) is 0 Å². The summed E-state index contributed by atoms with van der Waals surface area (Å²) < 4.78 is 26.9. The van der Waals surface area contributed by atoms with Gasteiger partial charge in [0, 0.05) is 13.1 Å². The highest BCUT2D eigenvalue weighted by molar-refractivity contribution is 7.89. The Hall–Kier alpha value is -0.820. The second-order valence-electron chi connectivity index (χ2n) is 5.54. The molecule has 2 atom stereocenters. The molecule has 0 saturated carbocycles. The molecule has 1 aromatic carbocycles. The number of fused-ring (bicyclic) bond motifs is 2. The van der Waals surface area contributed by atoms with E-state index in [1.165, 1.54) is 22.5 Å². The number of halogens is 1. The maximum absolute atomic E-state index is 12.7. The summed E-state index contributed by atoms with van der Waals surface area (Å²) >= 11 is 5.98. The fraction of sp³-hybridized carbons (Fsp3) is 0.538. The molecule has 2 heterocycles. The van der Waals surface area contributed by atoms with Gasteiger partial charge in [-0.2, -0.15) is 4.31 Å². The van der Waals surface area contributed by atoms with Gasteiger partial charge in [0.25, 0.3) is 0 Å². The van der Waals surface area contributed by atoms with Gasteiger partial charge in [0.2, 0.25) is 10.0 Å². The first kappa shape index (κ1) is 14.1. The summed E-state index contributed by atoms with van der Waals surface area (Å²) in [5.74, 6) is 0.384. The van der Waals surface area contributed by atoms with Gasteiger partial charge in [-0.3, -0.25) is 0 Å². The molecule has 0 radical (unpaired) electrons. The molecule has 5 nitrogen and oxygen atoms in total. The van der Waals surface area contributed by atoms with Crippen molar-refractivity contribution in [1.82, 2.24) is 9.62 Å². The molecule has 2 aliphatic heterocycles. The zero-order valence-electron chi connectivity index (χ0n) is 10.9. The lowest BCUT2D eigenvalue weighted by Gasteiger charge is -2.40. The van der Waals surface area contributed by atoms with Crippen LogP contribution in [0.2, 0.25) is 5.02 Å². The van der Waals surface area contributed by atoms with Crippen molar-refractivity contribution in [2.75, 3.05) is 26.2 Å². The standard InChI is InChI=1S/C13H17ClN2O3S/c14-11-2-1-3-12(17)13(11)20(18,19)16-7-9-4-10(8-16)6-15-5-9/h1-3,9-10,15,17H,4-8H2/t9-,10+. The van der Waals surface area contributed by atoms with Crippen LogP contribution in [0.1, 0.15) is 6.42 Å². The minimum Gasteiger partial charge on any atom is -0.506 e. The van der Waals surface area contributed by atoms with Crippen LogP contribution in [0, 0.1) is 11.8 Å². The zero-order chi connectivity index (χ0) is 14.3. The molecular weight excluding hydrogens is 300 g/mol. The van der Waals surface area contributed by atoms with E-state index in [0.717, 1.165) is 19.5 Å². The van der Waals surface area contributed by atoms with Crippen LogP contribution in [-0.2, 0) is 10.0 Å². The third-order valence-electron chi connectivity index (χ3n) is 4.00. The lowest BCUT2D eigenvalue weighted by atomic mass is 9.87. The molecule has 0 amide bonds. The summed E-state index contributed by atoms with van der Waals surface area (Å²) in [7, 11) is -3.74. The van der Waals surface area contributed by atoms with Gasteiger partial charge in [-0.05, 0) is 43.5 Å². The quantitative estimate of drug-likeness (QED) is 0.862. The van der Waals surface area contributed by atoms with Gasteiger partial charge in [0.05, 0.1) is 5.02 Å². The number of benzene rings is 1. The number of rotatable bonds is 2. The van der Waals surface area contributed by atoms with E-state index in [0.29, 0.717) is 24.9 Å². The van der Waals surface area contributed by atoms with E-state index in [4.69, 9.17) is 11.6 Å². The number of nitrogens with zero attached hydrogens (tertiary/aromatic N) is 1. The first-order chi connectivity index (χ1) is 9.48. The average molecular weight is 317 g/mol. The number of hydrogen-bond donors (Lipinski definition) is 2. The molecule has 20 heavy (non-hydrogen) atoms. The molecule has 2 saturated heterocycles. The Labute approximate surface area is 123 Å². The summed E-state index contributed by atoms with van der Waals surface area (Å²) in [5.41, 5.74) is 0. The molecule has 2 bridgehead atoms. The van der Waals surface area contributed by atoms with Crippen molar-refractivity contribution < 1.29 is 13.5 Å². The van der Waals surface area contributed by atoms with E-state index in [-0.39, 0.29) is 15.7 Å². The number of aromatic hydroxyl groups is 1. The Bertz CT molecular complexity index is 588. The Morgan fingerprint density at radius 2 is 1.90 bits per heavy atom.